The van der Waals surface area contributed by atoms with Gasteiger partial charge in [-0.3, -0.25) is 9.59 Å². The zero-order valence-corrected chi connectivity index (χ0v) is 16.4. The zero-order valence-electron chi connectivity index (χ0n) is 16.4. The second kappa shape index (κ2) is 8.66. The number of amides is 2. The van der Waals surface area contributed by atoms with E-state index in [1.165, 1.54) is 17.0 Å². The lowest BCUT2D eigenvalue weighted by atomic mass is 10.1. The van der Waals surface area contributed by atoms with Crippen LogP contribution in [0, 0.1) is 5.82 Å². The first-order chi connectivity index (χ1) is 15.0. The van der Waals surface area contributed by atoms with Crippen LogP contribution < -0.4 is 15.4 Å². The van der Waals surface area contributed by atoms with E-state index in [4.69, 9.17) is 10.5 Å². The molecule has 0 bridgehead atoms. The van der Waals surface area contributed by atoms with Crippen molar-refractivity contribution < 1.29 is 18.7 Å². The molecule has 3 N–H and O–H groups in total. The highest BCUT2D eigenvalue weighted by atomic mass is 19.1. The topological polar surface area (TPSA) is 101 Å². The molecule has 7 nitrogen and oxygen atoms in total. The molecule has 0 fully saturated rings. The van der Waals surface area contributed by atoms with Gasteiger partial charge in [0.1, 0.15) is 11.4 Å². The Morgan fingerprint density at radius 1 is 1.06 bits per heavy atom. The summed E-state index contributed by atoms with van der Waals surface area (Å²) in [6, 6.07) is 16.9. The Hall–Kier alpha value is -4.20. The summed E-state index contributed by atoms with van der Waals surface area (Å²) < 4.78 is 20.6. The average Bonchev–Trinajstić information content (AvgIpc) is 3.26. The number of nitrogens with one attached hydrogen (secondary N) is 1. The molecule has 2 aromatic carbocycles. The Morgan fingerprint density at radius 3 is 2.61 bits per heavy atom. The Kier molecular flexibility index (Phi) is 5.61. The molecule has 0 unspecified atom stereocenters. The number of hydrogen-bond donors (Lipinski definition) is 2. The van der Waals surface area contributed by atoms with Crippen LogP contribution in [-0.2, 0) is 16.0 Å². The minimum Gasteiger partial charge on any atom is -0.453 e. The number of anilines is 1. The number of primary amides is 1. The molecule has 0 aliphatic heterocycles. The van der Waals surface area contributed by atoms with Crippen molar-refractivity contribution in [2.75, 3.05) is 11.4 Å². The summed E-state index contributed by atoms with van der Waals surface area (Å²) in [5, 5.41) is 0.708. The lowest BCUT2D eigenvalue weighted by molar-refractivity contribution is -0.135. The molecule has 0 aliphatic carbocycles. The Morgan fingerprint density at radius 2 is 1.87 bits per heavy atom. The SMILES string of the molecule is NC(=O)C(=O)N(CCc1ccccc1)c1ccc(Oc2ccnc3[nH]ccc23)c(F)c1. The molecule has 8 heteroatoms. The molecule has 0 spiro atoms. The Labute approximate surface area is 177 Å². The number of H-pyrrole nitrogens is 1. The fourth-order valence-electron chi connectivity index (χ4n) is 3.25. The molecule has 2 heterocycles. The van der Waals surface area contributed by atoms with E-state index in [0.717, 1.165) is 11.6 Å². The van der Waals surface area contributed by atoms with Gasteiger partial charge in [0.15, 0.2) is 11.6 Å². The van der Waals surface area contributed by atoms with E-state index in [0.29, 0.717) is 23.2 Å². The first-order valence-corrected chi connectivity index (χ1v) is 9.57. The maximum Gasteiger partial charge on any atom is 0.316 e. The van der Waals surface area contributed by atoms with Crippen LogP contribution in [0.3, 0.4) is 0 Å². The number of aromatic amines is 1. The van der Waals surface area contributed by atoms with Gasteiger partial charge in [0.25, 0.3) is 0 Å². The van der Waals surface area contributed by atoms with E-state index >= 15 is 0 Å². The molecule has 2 amide bonds. The van der Waals surface area contributed by atoms with Crippen LogP contribution in [0.25, 0.3) is 11.0 Å². The van der Waals surface area contributed by atoms with E-state index in [2.05, 4.69) is 9.97 Å². The predicted octanol–water partition coefficient (Wildman–Crippen LogP) is 3.56. The lowest BCUT2D eigenvalue weighted by Crippen LogP contribution is -2.41. The molecule has 4 rings (SSSR count). The zero-order chi connectivity index (χ0) is 21.8. The summed E-state index contributed by atoms with van der Waals surface area (Å²) in [5.74, 6) is -2.29. The highest BCUT2D eigenvalue weighted by Crippen LogP contribution is 2.32. The van der Waals surface area contributed by atoms with Crippen molar-refractivity contribution in [1.29, 1.82) is 0 Å². The number of nitrogens with two attached hydrogens (primary N) is 1. The predicted molar refractivity (Wildman–Crippen MR) is 114 cm³/mol. The average molecular weight is 418 g/mol. The van der Waals surface area contributed by atoms with Crippen LogP contribution in [0.2, 0.25) is 0 Å². The van der Waals surface area contributed by atoms with Gasteiger partial charge in [-0.2, -0.15) is 0 Å². The first kappa shape index (κ1) is 20.1. The summed E-state index contributed by atoms with van der Waals surface area (Å²) in [6.07, 6.45) is 3.74. The molecule has 31 heavy (non-hydrogen) atoms. The van der Waals surface area contributed by atoms with E-state index in [1.54, 1.807) is 24.5 Å². The summed E-state index contributed by atoms with van der Waals surface area (Å²) in [4.78, 5) is 32.2. The standard InChI is InChI=1S/C23H19FN4O3/c24-18-14-16(28(23(30)21(25)29)13-10-15-4-2-1-3-5-15)6-7-20(18)31-19-9-12-27-22-17(19)8-11-26-22/h1-9,11-12,14H,10,13H2,(H2,25,29)(H,26,27). The lowest BCUT2D eigenvalue weighted by Gasteiger charge is -2.22. The third-order valence-electron chi connectivity index (χ3n) is 4.79. The molecule has 0 saturated carbocycles. The number of aromatic nitrogens is 2. The highest BCUT2D eigenvalue weighted by molar-refractivity contribution is 6.39. The van der Waals surface area contributed by atoms with Gasteiger partial charge in [-0.25, -0.2) is 9.37 Å². The summed E-state index contributed by atoms with van der Waals surface area (Å²) >= 11 is 0. The van der Waals surface area contributed by atoms with Gasteiger partial charge in [0.05, 0.1) is 5.39 Å². The number of halogens is 1. The molecule has 2 aromatic heterocycles. The van der Waals surface area contributed by atoms with Crippen molar-refractivity contribution in [1.82, 2.24) is 9.97 Å². The van der Waals surface area contributed by atoms with Crippen LogP contribution in [0.5, 0.6) is 11.5 Å². The molecular weight excluding hydrogens is 399 g/mol. The normalized spacial score (nSPS) is 10.7. The maximum atomic E-state index is 14.8. The van der Waals surface area contributed by atoms with Crippen molar-refractivity contribution in [3.8, 4) is 11.5 Å². The Balaban J connectivity index is 1.59. The first-order valence-electron chi connectivity index (χ1n) is 9.57. The van der Waals surface area contributed by atoms with Crippen LogP contribution >= 0.6 is 0 Å². The minimum atomic E-state index is -1.11. The van der Waals surface area contributed by atoms with Crippen molar-refractivity contribution in [2.24, 2.45) is 5.73 Å². The van der Waals surface area contributed by atoms with Gasteiger partial charge in [-0.15, -0.1) is 0 Å². The second-order valence-corrected chi connectivity index (χ2v) is 6.82. The van der Waals surface area contributed by atoms with Gasteiger partial charge in [0.2, 0.25) is 0 Å². The smallest absolute Gasteiger partial charge is 0.316 e. The molecule has 156 valence electrons. The largest absolute Gasteiger partial charge is 0.453 e. The summed E-state index contributed by atoms with van der Waals surface area (Å²) in [5.41, 5.74) is 7.00. The third-order valence-corrected chi connectivity index (χ3v) is 4.79. The van der Waals surface area contributed by atoms with Crippen molar-refractivity contribution >= 4 is 28.5 Å². The summed E-state index contributed by atoms with van der Waals surface area (Å²) in [7, 11) is 0. The monoisotopic (exact) mass is 418 g/mol. The Bertz CT molecular complexity index is 1240. The van der Waals surface area contributed by atoms with Crippen molar-refractivity contribution in [3.05, 3.63) is 84.4 Å². The molecular formula is C23H19FN4O3. The van der Waals surface area contributed by atoms with Gasteiger partial charge in [-0.1, -0.05) is 30.3 Å². The number of carbonyl (C=O) groups is 2. The van der Waals surface area contributed by atoms with E-state index in [-0.39, 0.29) is 18.0 Å². The number of ether oxygens (including phenoxy) is 1. The fraction of sp³-hybridized carbons (Fsp3) is 0.0870. The minimum absolute atomic E-state index is 0.0213. The number of hydrogen-bond acceptors (Lipinski definition) is 4. The van der Waals surface area contributed by atoms with Gasteiger partial charge < -0.3 is 20.4 Å². The number of rotatable bonds is 6. The van der Waals surface area contributed by atoms with Gasteiger partial charge in [0, 0.05) is 30.7 Å². The maximum absolute atomic E-state index is 14.8. The van der Waals surface area contributed by atoms with E-state index in [9.17, 15) is 14.0 Å². The van der Waals surface area contributed by atoms with E-state index < -0.39 is 17.6 Å². The molecule has 0 aliphatic rings. The van der Waals surface area contributed by atoms with Crippen molar-refractivity contribution in [2.45, 2.75) is 6.42 Å². The third kappa shape index (κ3) is 4.37. The highest BCUT2D eigenvalue weighted by Gasteiger charge is 2.22. The van der Waals surface area contributed by atoms with Crippen molar-refractivity contribution in [3.63, 3.8) is 0 Å². The fourth-order valence-corrected chi connectivity index (χ4v) is 3.25. The van der Waals surface area contributed by atoms with E-state index in [1.807, 2.05) is 30.3 Å². The molecule has 0 atom stereocenters. The van der Waals surface area contributed by atoms with Gasteiger partial charge >= 0.3 is 11.8 Å². The number of fused-ring (bicyclic) bond motifs is 1. The number of nitrogens with zero attached hydrogens (tertiary/aromatic N) is 2. The van der Waals surface area contributed by atoms with Crippen LogP contribution in [-0.4, -0.2) is 28.3 Å². The number of pyridine rings is 1. The number of benzene rings is 2. The molecule has 0 radical (unpaired) electrons. The van der Waals surface area contributed by atoms with Gasteiger partial charge in [-0.05, 0) is 36.2 Å². The van der Waals surface area contributed by atoms with Crippen LogP contribution in [0.4, 0.5) is 10.1 Å². The number of carbonyl (C=O) groups excluding carboxylic acids is 2. The van der Waals surface area contributed by atoms with Crippen LogP contribution in [0.1, 0.15) is 5.56 Å². The molecule has 4 aromatic rings. The quantitative estimate of drug-likeness (QED) is 0.468. The van der Waals surface area contributed by atoms with Crippen LogP contribution in [0.15, 0.2) is 73.1 Å². The molecule has 0 saturated heterocycles. The second-order valence-electron chi connectivity index (χ2n) is 6.82. The summed E-state index contributed by atoms with van der Waals surface area (Å²) in [6.45, 7) is 0.166.